The van der Waals surface area contributed by atoms with Crippen LogP contribution in [0.15, 0.2) is 0 Å². The van der Waals surface area contributed by atoms with E-state index >= 15 is 0 Å². The van der Waals surface area contributed by atoms with Gasteiger partial charge in [-0.3, -0.25) is 4.79 Å². The number of carbonyl (C=O) groups is 1. The third-order valence-electron chi connectivity index (χ3n) is 3.09. The van der Waals surface area contributed by atoms with Gasteiger partial charge in [-0.1, -0.05) is 20.8 Å². The van der Waals surface area contributed by atoms with Crippen molar-refractivity contribution in [3.05, 3.63) is 0 Å². The van der Waals surface area contributed by atoms with E-state index in [-0.39, 0.29) is 24.4 Å². The zero-order chi connectivity index (χ0) is 12.2. The maximum Gasteiger partial charge on any atom is 0.220 e. The van der Waals surface area contributed by atoms with Crippen molar-refractivity contribution in [1.29, 1.82) is 0 Å². The Balaban J connectivity index is 0.00000256. The van der Waals surface area contributed by atoms with Crippen LogP contribution in [0.25, 0.3) is 0 Å². The van der Waals surface area contributed by atoms with Gasteiger partial charge in [-0.15, -0.1) is 12.4 Å². The molecule has 0 spiro atoms. The number of hydrogen-bond donors (Lipinski definition) is 2. The van der Waals surface area contributed by atoms with E-state index in [1.807, 2.05) is 0 Å². The maximum absolute atomic E-state index is 11.5. The molecule has 0 aromatic heterocycles. The minimum absolute atomic E-state index is 0. The minimum Gasteiger partial charge on any atom is -0.355 e. The highest BCUT2D eigenvalue weighted by Gasteiger charge is 2.28. The molecule has 1 unspecified atom stereocenters. The van der Waals surface area contributed by atoms with Crippen molar-refractivity contribution in [3.8, 4) is 0 Å². The maximum atomic E-state index is 11.5. The predicted octanol–water partition coefficient (Wildman–Crippen LogP) is 2.48. The first kappa shape index (κ1) is 16.7. The van der Waals surface area contributed by atoms with Crippen LogP contribution in [0.3, 0.4) is 0 Å². The average Bonchev–Trinajstić information content (AvgIpc) is 2.95. The van der Waals surface area contributed by atoms with Crippen molar-refractivity contribution < 1.29 is 4.79 Å². The summed E-state index contributed by atoms with van der Waals surface area (Å²) in [6.07, 6.45) is 5.17. The first-order valence-corrected chi connectivity index (χ1v) is 6.41. The molecule has 0 heterocycles. The zero-order valence-electron chi connectivity index (χ0n) is 11.3. The molecule has 1 atom stereocenters. The molecule has 1 aliphatic carbocycles. The zero-order valence-corrected chi connectivity index (χ0v) is 12.1. The molecule has 3 nitrogen and oxygen atoms in total. The molecular formula is C13H27ClN2O. The topological polar surface area (TPSA) is 55.1 Å². The van der Waals surface area contributed by atoms with Crippen molar-refractivity contribution in [2.24, 2.45) is 17.1 Å². The van der Waals surface area contributed by atoms with Crippen LogP contribution < -0.4 is 11.1 Å². The fourth-order valence-electron chi connectivity index (χ4n) is 1.79. The van der Waals surface area contributed by atoms with Crippen molar-refractivity contribution in [2.75, 3.05) is 6.54 Å². The largest absolute Gasteiger partial charge is 0.355 e. The Hall–Kier alpha value is -0.280. The lowest BCUT2D eigenvalue weighted by atomic mass is 9.90. The molecule has 17 heavy (non-hydrogen) atoms. The van der Waals surface area contributed by atoms with Gasteiger partial charge in [-0.25, -0.2) is 0 Å². The van der Waals surface area contributed by atoms with Crippen molar-refractivity contribution >= 4 is 18.3 Å². The average molecular weight is 263 g/mol. The van der Waals surface area contributed by atoms with E-state index in [0.717, 1.165) is 12.8 Å². The lowest BCUT2D eigenvalue weighted by molar-refractivity contribution is -0.121. The fraction of sp³-hybridized carbons (Fsp3) is 0.923. The minimum atomic E-state index is 0. The van der Waals surface area contributed by atoms with Crippen molar-refractivity contribution in [3.63, 3.8) is 0 Å². The Labute approximate surface area is 111 Å². The third-order valence-corrected chi connectivity index (χ3v) is 3.09. The molecular weight excluding hydrogens is 236 g/mol. The van der Waals surface area contributed by atoms with Crippen LogP contribution in [-0.2, 0) is 4.79 Å². The molecule has 1 rings (SSSR count). The summed E-state index contributed by atoms with van der Waals surface area (Å²) in [5.74, 6) is 0.815. The van der Waals surface area contributed by atoms with E-state index in [0.29, 0.717) is 24.3 Å². The molecule has 0 aromatic rings. The van der Waals surface area contributed by atoms with E-state index in [2.05, 4.69) is 26.1 Å². The quantitative estimate of drug-likeness (QED) is 0.773. The van der Waals surface area contributed by atoms with Crippen LogP contribution in [0.4, 0.5) is 0 Å². The summed E-state index contributed by atoms with van der Waals surface area (Å²) in [6, 6.07) is 0.173. The molecule has 0 saturated heterocycles. The van der Waals surface area contributed by atoms with Crippen molar-refractivity contribution in [2.45, 2.75) is 58.9 Å². The molecule has 4 heteroatoms. The summed E-state index contributed by atoms with van der Waals surface area (Å²) in [4.78, 5) is 11.5. The van der Waals surface area contributed by atoms with Gasteiger partial charge in [0.1, 0.15) is 0 Å². The Kier molecular flexibility index (Phi) is 7.10. The fourth-order valence-corrected chi connectivity index (χ4v) is 1.79. The van der Waals surface area contributed by atoms with Gasteiger partial charge in [0.25, 0.3) is 0 Å². The number of carbonyl (C=O) groups excluding carboxylic acids is 1. The number of nitrogens with two attached hydrogens (primary N) is 1. The number of rotatable bonds is 6. The Morgan fingerprint density at radius 1 is 1.41 bits per heavy atom. The number of halogens is 1. The third kappa shape index (κ3) is 8.44. The van der Waals surface area contributed by atoms with E-state index in [1.54, 1.807) is 0 Å². The lowest BCUT2D eigenvalue weighted by Crippen LogP contribution is -2.38. The van der Waals surface area contributed by atoms with Crippen LogP contribution in [0, 0.1) is 11.3 Å². The van der Waals surface area contributed by atoms with Crippen LogP contribution in [-0.4, -0.2) is 18.5 Å². The summed E-state index contributed by atoms with van der Waals surface area (Å²) in [5, 5.41) is 2.93. The molecule has 1 aliphatic rings. The van der Waals surface area contributed by atoms with Gasteiger partial charge in [0, 0.05) is 19.0 Å². The van der Waals surface area contributed by atoms with Gasteiger partial charge < -0.3 is 11.1 Å². The monoisotopic (exact) mass is 262 g/mol. The molecule has 1 fully saturated rings. The second-order valence-electron chi connectivity index (χ2n) is 6.22. The normalized spacial score (nSPS) is 17.2. The summed E-state index contributed by atoms with van der Waals surface area (Å²) in [7, 11) is 0. The highest BCUT2D eigenvalue weighted by molar-refractivity contribution is 5.85. The molecule has 3 N–H and O–H groups in total. The molecule has 0 aliphatic heterocycles. The van der Waals surface area contributed by atoms with Crippen LogP contribution in [0.1, 0.15) is 52.9 Å². The van der Waals surface area contributed by atoms with Crippen LogP contribution in [0.2, 0.25) is 0 Å². The predicted molar refractivity (Wildman–Crippen MR) is 74.3 cm³/mol. The Morgan fingerprint density at radius 2 is 2.00 bits per heavy atom. The molecule has 0 radical (unpaired) electrons. The van der Waals surface area contributed by atoms with Crippen LogP contribution in [0.5, 0.6) is 0 Å². The van der Waals surface area contributed by atoms with Gasteiger partial charge in [0.15, 0.2) is 0 Å². The van der Waals surface area contributed by atoms with E-state index < -0.39 is 0 Å². The second-order valence-corrected chi connectivity index (χ2v) is 6.22. The summed E-state index contributed by atoms with van der Waals surface area (Å²) in [6.45, 7) is 7.26. The molecule has 1 amide bonds. The first-order chi connectivity index (χ1) is 7.38. The number of hydrogen-bond acceptors (Lipinski definition) is 2. The van der Waals surface area contributed by atoms with Gasteiger partial charge in [-0.05, 0) is 37.0 Å². The Bertz CT molecular complexity index is 234. The number of nitrogens with one attached hydrogen (secondary N) is 1. The second kappa shape index (κ2) is 7.22. The molecule has 102 valence electrons. The first-order valence-electron chi connectivity index (χ1n) is 6.41. The highest BCUT2D eigenvalue weighted by Crippen LogP contribution is 2.31. The smallest absolute Gasteiger partial charge is 0.220 e. The Morgan fingerprint density at radius 3 is 2.47 bits per heavy atom. The molecule has 1 saturated carbocycles. The van der Waals surface area contributed by atoms with Gasteiger partial charge in [0.05, 0.1) is 0 Å². The van der Waals surface area contributed by atoms with E-state index in [9.17, 15) is 4.79 Å². The van der Waals surface area contributed by atoms with Gasteiger partial charge >= 0.3 is 0 Å². The molecule has 0 bridgehead atoms. The summed E-state index contributed by atoms with van der Waals surface area (Å²) >= 11 is 0. The molecule has 0 aromatic carbocycles. The SMILES string of the molecule is CC(C)(C)CCCC(=O)NCC(N)C1CC1.Cl. The van der Waals surface area contributed by atoms with Gasteiger partial charge in [0.2, 0.25) is 5.91 Å². The van der Waals surface area contributed by atoms with E-state index in [1.165, 1.54) is 12.8 Å². The summed E-state index contributed by atoms with van der Waals surface area (Å²) < 4.78 is 0. The van der Waals surface area contributed by atoms with E-state index in [4.69, 9.17) is 5.73 Å². The van der Waals surface area contributed by atoms with Gasteiger partial charge in [-0.2, -0.15) is 0 Å². The highest BCUT2D eigenvalue weighted by atomic mass is 35.5. The van der Waals surface area contributed by atoms with Crippen molar-refractivity contribution in [1.82, 2.24) is 5.32 Å². The standard InChI is InChI=1S/C13H26N2O.ClH/c1-13(2,3)8-4-5-12(16)15-9-11(14)10-6-7-10;/h10-11H,4-9,14H2,1-3H3,(H,15,16);1H. The lowest BCUT2D eigenvalue weighted by Gasteiger charge is -2.17. The summed E-state index contributed by atoms with van der Waals surface area (Å²) in [5.41, 5.74) is 6.23. The van der Waals surface area contributed by atoms with Crippen LogP contribution >= 0.6 is 12.4 Å². The number of amides is 1.